The third kappa shape index (κ3) is 3.74. The summed E-state index contributed by atoms with van der Waals surface area (Å²) < 4.78 is 27.8. The third-order valence-corrected chi connectivity index (χ3v) is 6.02. The fraction of sp³-hybridized carbons (Fsp3) is 0.438. The Hall–Kier alpha value is -1.24. The van der Waals surface area contributed by atoms with Crippen molar-refractivity contribution in [2.24, 2.45) is 0 Å². The Bertz CT molecular complexity index is 754. The molecule has 22 heavy (non-hydrogen) atoms. The average Bonchev–Trinajstić information content (AvgIpc) is 2.83. The van der Waals surface area contributed by atoms with Crippen LogP contribution in [0.3, 0.4) is 0 Å². The minimum Gasteiger partial charge on any atom is -0.245 e. The van der Waals surface area contributed by atoms with Gasteiger partial charge in [0.2, 0.25) is 10.0 Å². The highest BCUT2D eigenvalue weighted by atomic mass is 32.2. The Labute approximate surface area is 136 Å². The number of aromatic nitrogens is 1. The molecule has 1 heterocycles. The molecule has 0 aliphatic heterocycles. The van der Waals surface area contributed by atoms with E-state index < -0.39 is 10.0 Å². The van der Waals surface area contributed by atoms with Gasteiger partial charge in [-0.15, -0.1) is 11.3 Å². The van der Waals surface area contributed by atoms with E-state index in [9.17, 15) is 8.42 Å². The van der Waals surface area contributed by atoms with E-state index in [4.69, 9.17) is 0 Å². The zero-order valence-electron chi connectivity index (χ0n) is 13.6. The van der Waals surface area contributed by atoms with Crippen LogP contribution in [-0.4, -0.2) is 13.4 Å². The van der Waals surface area contributed by atoms with Gasteiger partial charge in [-0.05, 0) is 37.8 Å². The van der Waals surface area contributed by atoms with E-state index in [2.05, 4.69) is 23.6 Å². The maximum absolute atomic E-state index is 12.6. The highest BCUT2D eigenvalue weighted by Gasteiger charge is 2.20. The number of sulfonamides is 1. The van der Waals surface area contributed by atoms with Gasteiger partial charge in [0.15, 0.2) is 0 Å². The van der Waals surface area contributed by atoms with E-state index in [-0.39, 0.29) is 6.54 Å². The molecule has 0 atom stereocenters. The van der Waals surface area contributed by atoms with E-state index >= 15 is 0 Å². The summed E-state index contributed by atoms with van der Waals surface area (Å²) in [4.78, 5) is 4.83. The first-order valence-corrected chi connectivity index (χ1v) is 9.59. The smallest absolute Gasteiger partial charge is 0.241 e. The number of nitrogens with one attached hydrogen (secondary N) is 1. The Kier molecular flexibility index (Phi) is 5.04. The van der Waals surface area contributed by atoms with Crippen molar-refractivity contribution in [2.75, 3.05) is 0 Å². The molecule has 4 nitrogen and oxygen atoms in total. The predicted octanol–water partition coefficient (Wildman–Crippen LogP) is 3.67. The topological polar surface area (TPSA) is 59.1 Å². The van der Waals surface area contributed by atoms with Crippen molar-refractivity contribution in [1.29, 1.82) is 0 Å². The highest BCUT2D eigenvalue weighted by Crippen LogP contribution is 2.22. The SMILES string of the molecule is Cc1cc(C)c(S(=O)(=O)NCc2nc(C(C)C)cs2)c(C)c1. The number of hydrogen-bond acceptors (Lipinski definition) is 4. The summed E-state index contributed by atoms with van der Waals surface area (Å²) in [6, 6.07) is 3.78. The molecule has 1 aromatic heterocycles. The largest absolute Gasteiger partial charge is 0.245 e. The second kappa shape index (κ2) is 6.48. The molecule has 0 saturated carbocycles. The van der Waals surface area contributed by atoms with Crippen LogP contribution in [0.25, 0.3) is 0 Å². The number of hydrogen-bond donors (Lipinski definition) is 1. The van der Waals surface area contributed by atoms with Crippen molar-refractivity contribution in [3.63, 3.8) is 0 Å². The summed E-state index contributed by atoms with van der Waals surface area (Å²) in [6.45, 7) is 9.99. The molecular weight excluding hydrogens is 316 g/mol. The Morgan fingerprint density at radius 1 is 1.18 bits per heavy atom. The fourth-order valence-corrected chi connectivity index (χ4v) is 4.91. The number of aryl methyl sites for hydroxylation is 3. The molecule has 0 amide bonds. The zero-order valence-corrected chi connectivity index (χ0v) is 15.2. The molecule has 1 N–H and O–H groups in total. The van der Waals surface area contributed by atoms with Crippen LogP contribution in [0.2, 0.25) is 0 Å². The van der Waals surface area contributed by atoms with Crippen molar-refractivity contribution in [3.8, 4) is 0 Å². The van der Waals surface area contributed by atoms with Crippen molar-refractivity contribution in [3.05, 3.63) is 44.9 Å². The lowest BCUT2D eigenvalue weighted by molar-refractivity contribution is 0.579. The van der Waals surface area contributed by atoms with Gasteiger partial charge in [0, 0.05) is 5.38 Å². The van der Waals surface area contributed by atoms with Crippen LogP contribution in [0, 0.1) is 20.8 Å². The lowest BCUT2D eigenvalue weighted by Gasteiger charge is -2.12. The quantitative estimate of drug-likeness (QED) is 0.905. The van der Waals surface area contributed by atoms with E-state index in [1.165, 1.54) is 11.3 Å². The number of rotatable bonds is 5. The lowest BCUT2D eigenvalue weighted by atomic mass is 10.1. The summed E-state index contributed by atoms with van der Waals surface area (Å²) in [6.07, 6.45) is 0. The van der Waals surface area contributed by atoms with Crippen LogP contribution in [-0.2, 0) is 16.6 Å². The number of nitrogens with zero attached hydrogens (tertiary/aromatic N) is 1. The zero-order chi connectivity index (χ0) is 16.5. The molecule has 0 fully saturated rings. The summed E-state index contributed by atoms with van der Waals surface area (Å²) >= 11 is 1.49. The average molecular weight is 338 g/mol. The monoisotopic (exact) mass is 338 g/mol. The number of thiazole rings is 1. The molecule has 2 rings (SSSR count). The molecule has 0 saturated heterocycles. The van der Waals surface area contributed by atoms with Gasteiger partial charge in [-0.3, -0.25) is 0 Å². The summed E-state index contributed by atoms with van der Waals surface area (Å²) in [5.41, 5.74) is 3.61. The van der Waals surface area contributed by atoms with Crippen molar-refractivity contribution >= 4 is 21.4 Å². The molecule has 0 spiro atoms. The predicted molar refractivity (Wildman–Crippen MR) is 90.9 cm³/mol. The first kappa shape index (κ1) is 17.1. The molecule has 0 aliphatic rings. The Balaban J connectivity index is 2.21. The number of benzene rings is 1. The van der Waals surface area contributed by atoms with Gasteiger partial charge in [0.1, 0.15) is 5.01 Å². The fourth-order valence-electron chi connectivity index (χ4n) is 2.49. The van der Waals surface area contributed by atoms with Crippen LogP contribution in [0.4, 0.5) is 0 Å². The standard InChI is InChI=1S/C16H22N2O2S2/c1-10(2)14-9-21-15(18-14)8-17-22(19,20)16-12(4)6-11(3)7-13(16)5/h6-7,9-10,17H,8H2,1-5H3. The normalized spacial score (nSPS) is 12.1. The lowest BCUT2D eigenvalue weighted by Crippen LogP contribution is -2.25. The van der Waals surface area contributed by atoms with Gasteiger partial charge in [-0.25, -0.2) is 18.1 Å². The first-order valence-electron chi connectivity index (χ1n) is 7.22. The van der Waals surface area contributed by atoms with Gasteiger partial charge in [-0.1, -0.05) is 31.5 Å². The van der Waals surface area contributed by atoms with Gasteiger partial charge < -0.3 is 0 Å². The molecular formula is C16H22N2O2S2. The maximum atomic E-state index is 12.6. The van der Waals surface area contributed by atoms with E-state index in [1.54, 1.807) is 0 Å². The van der Waals surface area contributed by atoms with E-state index in [0.717, 1.165) is 27.4 Å². The summed E-state index contributed by atoms with van der Waals surface area (Å²) in [5.74, 6) is 0.350. The third-order valence-electron chi connectivity index (χ3n) is 3.45. The Morgan fingerprint density at radius 3 is 2.27 bits per heavy atom. The van der Waals surface area contributed by atoms with Gasteiger partial charge in [0.05, 0.1) is 17.1 Å². The summed E-state index contributed by atoms with van der Waals surface area (Å²) in [5, 5.41) is 2.77. The second-order valence-electron chi connectivity index (χ2n) is 5.87. The minimum absolute atomic E-state index is 0.229. The molecule has 1 aromatic carbocycles. The van der Waals surface area contributed by atoms with Crippen LogP contribution in [0.15, 0.2) is 22.4 Å². The highest BCUT2D eigenvalue weighted by molar-refractivity contribution is 7.89. The van der Waals surface area contributed by atoms with E-state index in [1.807, 2.05) is 38.3 Å². The molecule has 120 valence electrons. The van der Waals surface area contributed by atoms with Crippen LogP contribution in [0.1, 0.15) is 47.2 Å². The molecule has 6 heteroatoms. The van der Waals surface area contributed by atoms with Crippen molar-refractivity contribution in [1.82, 2.24) is 9.71 Å². The first-order chi connectivity index (χ1) is 10.2. The van der Waals surface area contributed by atoms with E-state index in [0.29, 0.717) is 10.8 Å². The molecule has 0 aliphatic carbocycles. The minimum atomic E-state index is -3.53. The molecule has 0 unspecified atom stereocenters. The van der Waals surface area contributed by atoms with Crippen molar-refractivity contribution in [2.45, 2.75) is 52.0 Å². The van der Waals surface area contributed by atoms with Gasteiger partial charge in [0.25, 0.3) is 0 Å². The second-order valence-corrected chi connectivity index (χ2v) is 8.52. The van der Waals surface area contributed by atoms with Crippen molar-refractivity contribution < 1.29 is 8.42 Å². The van der Waals surface area contributed by atoms with Gasteiger partial charge >= 0.3 is 0 Å². The molecule has 0 bridgehead atoms. The van der Waals surface area contributed by atoms with Crippen LogP contribution in [0.5, 0.6) is 0 Å². The Morgan fingerprint density at radius 2 is 1.77 bits per heavy atom. The van der Waals surface area contributed by atoms with Crippen LogP contribution < -0.4 is 4.72 Å². The summed E-state index contributed by atoms with van der Waals surface area (Å²) in [7, 11) is -3.53. The van der Waals surface area contributed by atoms with Gasteiger partial charge in [-0.2, -0.15) is 0 Å². The molecule has 2 aromatic rings. The van der Waals surface area contributed by atoms with Crippen LogP contribution >= 0.6 is 11.3 Å². The maximum Gasteiger partial charge on any atom is 0.241 e. The molecule has 0 radical (unpaired) electrons.